The smallest absolute Gasteiger partial charge is 0.225 e. The number of amides is 2. The number of rotatable bonds is 6. The first kappa shape index (κ1) is 21.5. The number of hydrogen-bond donors (Lipinski definition) is 1. The van der Waals surface area contributed by atoms with Crippen molar-refractivity contribution in [2.75, 3.05) is 38.2 Å². The van der Waals surface area contributed by atoms with Crippen LogP contribution in [-0.4, -0.2) is 59.4 Å². The molecule has 4 rings (SSSR count). The molecule has 8 nitrogen and oxygen atoms in total. The number of nitrogens with two attached hydrogens (primary N) is 1. The van der Waals surface area contributed by atoms with Gasteiger partial charge in [0.2, 0.25) is 16.9 Å². The molecular weight excluding hydrogens is 414 g/mol. The van der Waals surface area contributed by atoms with Crippen LogP contribution in [0.2, 0.25) is 0 Å². The molecule has 2 amide bonds. The Balaban J connectivity index is 1.28. The molecule has 0 radical (unpaired) electrons. The minimum Gasteiger partial charge on any atom is -0.497 e. The molecule has 166 valence electrons. The first-order chi connectivity index (χ1) is 15.0. The van der Waals surface area contributed by atoms with E-state index in [1.807, 2.05) is 29.2 Å². The molecule has 0 aliphatic carbocycles. The van der Waals surface area contributed by atoms with E-state index >= 15 is 0 Å². The van der Waals surface area contributed by atoms with Gasteiger partial charge in [0.1, 0.15) is 11.6 Å². The van der Waals surface area contributed by atoms with E-state index in [1.165, 1.54) is 11.5 Å². The summed E-state index contributed by atoms with van der Waals surface area (Å²) < 4.78 is 9.81. The molecule has 2 aliphatic heterocycles. The fourth-order valence-corrected chi connectivity index (χ4v) is 5.11. The first-order valence-electron chi connectivity index (χ1n) is 10.8. The fraction of sp³-hybridized carbons (Fsp3) is 0.545. The third-order valence-corrected chi connectivity index (χ3v) is 7.09. The number of carbonyl (C=O) groups is 2. The van der Waals surface area contributed by atoms with Crippen molar-refractivity contribution in [1.29, 1.82) is 0 Å². The summed E-state index contributed by atoms with van der Waals surface area (Å²) in [5.41, 5.74) is 6.51. The molecule has 3 heterocycles. The summed E-state index contributed by atoms with van der Waals surface area (Å²) in [6, 6.07) is 7.95. The predicted molar refractivity (Wildman–Crippen MR) is 119 cm³/mol. The summed E-state index contributed by atoms with van der Waals surface area (Å²) in [5.74, 6) is 1.57. The van der Waals surface area contributed by atoms with Gasteiger partial charge in [0.15, 0.2) is 0 Å². The number of likely N-dealkylation sites (tertiary alicyclic amines) is 1. The Bertz CT molecular complexity index is 917. The second-order valence-corrected chi connectivity index (χ2v) is 9.02. The number of hydrogen-bond acceptors (Lipinski definition) is 7. The zero-order valence-electron chi connectivity index (χ0n) is 17.8. The number of primary amides is 1. The number of aromatic nitrogens is 2. The van der Waals surface area contributed by atoms with Crippen LogP contribution in [0.25, 0.3) is 0 Å². The lowest BCUT2D eigenvalue weighted by Gasteiger charge is -2.36. The second kappa shape index (κ2) is 9.64. The Morgan fingerprint density at radius 2 is 1.84 bits per heavy atom. The maximum absolute atomic E-state index is 12.9. The summed E-state index contributed by atoms with van der Waals surface area (Å²) in [5, 5.41) is 0.922. The summed E-state index contributed by atoms with van der Waals surface area (Å²) >= 11 is 1.42. The Morgan fingerprint density at radius 3 is 2.52 bits per heavy atom. The normalized spacial score (nSPS) is 18.2. The van der Waals surface area contributed by atoms with E-state index in [1.54, 1.807) is 7.11 Å². The van der Waals surface area contributed by atoms with Gasteiger partial charge in [0.25, 0.3) is 0 Å². The number of piperidine rings is 2. The maximum Gasteiger partial charge on any atom is 0.225 e. The van der Waals surface area contributed by atoms with Gasteiger partial charge in [-0.25, -0.2) is 4.98 Å². The van der Waals surface area contributed by atoms with Gasteiger partial charge >= 0.3 is 0 Å². The molecule has 0 saturated carbocycles. The Labute approximate surface area is 186 Å². The van der Waals surface area contributed by atoms with E-state index < -0.39 is 0 Å². The highest BCUT2D eigenvalue weighted by atomic mass is 32.1. The zero-order valence-corrected chi connectivity index (χ0v) is 18.6. The van der Waals surface area contributed by atoms with Crippen LogP contribution in [0.15, 0.2) is 24.3 Å². The van der Waals surface area contributed by atoms with Gasteiger partial charge in [-0.1, -0.05) is 12.1 Å². The van der Waals surface area contributed by atoms with Crippen molar-refractivity contribution in [2.24, 2.45) is 17.6 Å². The van der Waals surface area contributed by atoms with E-state index in [4.69, 9.17) is 15.5 Å². The average Bonchev–Trinajstić information content (AvgIpc) is 3.27. The van der Waals surface area contributed by atoms with Gasteiger partial charge in [-0.2, -0.15) is 4.37 Å². The monoisotopic (exact) mass is 443 g/mol. The molecule has 9 heteroatoms. The second-order valence-electron chi connectivity index (χ2n) is 8.28. The molecule has 2 aromatic rings. The van der Waals surface area contributed by atoms with E-state index in [0.717, 1.165) is 48.2 Å². The van der Waals surface area contributed by atoms with Crippen molar-refractivity contribution in [1.82, 2.24) is 14.3 Å². The van der Waals surface area contributed by atoms with E-state index in [-0.39, 0.29) is 23.7 Å². The van der Waals surface area contributed by atoms with Crippen LogP contribution in [0.5, 0.6) is 5.75 Å². The summed E-state index contributed by atoms with van der Waals surface area (Å²) in [4.78, 5) is 33.1. The number of carbonyl (C=O) groups excluding carboxylic acids is 2. The molecule has 2 aliphatic rings. The molecular formula is C22H29N5O3S. The molecule has 1 aromatic carbocycles. The SMILES string of the molecule is COc1cccc(Cc2nsc(N3CCC(C(=O)N4CCC(C(N)=O)CC4)CC3)n2)c1. The van der Waals surface area contributed by atoms with E-state index in [0.29, 0.717) is 32.4 Å². The van der Waals surface area contributed by atoms with Crippen LogP contribution < -0.4 is 15.4 Å². The van der Waals surface area contributed by atoms with Crippen molar-refractivity contribution in [3.63, 3.8) is 0 Å². The number of anilines is 1. The van der Waals surface area contributed by atoms with Crippen molar-refractivity contribution in [3.8, 4) is 5.75 Å². The van der Waals surface area contributed by atoms with E-state index in [2.05, 4.69) is 9.27 Å². The van der Waals surface area contributed by atoms with Crippen LogP contribution >= 0.6 is 11.5 Å². The number of nitrogens with zero attached hydrogens (tertiary/aromatic N) is 4. The van der Waals surface area contributed by atoms with Crippen molar-refractivity contribution >= 4 is 28.5 Å². The van der Waals surface area contributed by atoms with Crippen LogP contribution in [0.1, 0.15) is 37.1 Å². The van der Waals surface area contributed by atoms with Crippen molar-refractivity contribution in [2.45, 2.75) is 32.1 Å². The molecule has 2 saturated heterocycles. The summed E-state index contributed by atoms with van der Waals surface area (Å²) in [6.07, 6.45) is 3.67. The van der Waals surface area contributed by atoms with Gasteiger partial charge in [0, 0.05) is 56.0 Å². The van der Waals surface area contributed by atoms with Crippen LogP contribution in [0, 0.1) is 11.8 Å². The Hall–Kier alpha value is -2.68. The minimum absolute atomic E-state index is 0.0468. The topological polar surface area (TPSA) is 102 Å². The largest absolute Gasteiger partial charge is 0.497 e. The average molecular weight is 444 g/mol. The quantitative estimate of drug-likeness (QED) is 0.733. The van der Waals surface area contributed by atoms with Crippen LogP contribution in [-0.2, 0) is 16.0 Å². The van der Waals surface area contributed by atoms with Crippen LogP contribution in [0.4, 0.5) is 5.13 Å². The number of methoxy groups -OCH3 is 1. The number of ether oxygens (including phenoxy) is 1. The standard InChI is InChI=1S/C22H29N5O3S/c1-30-18-4-2-3-15(13-18)14-19-24-22(31-25-19)27-11-7-17(8-12-27)21(29)26-9-5-16(6-10-26)20(23)28/h2-4,13,16-17H,5-12,14H2,1H3,(H2,23,28). The van der Waals surface area contributed by atoms with Gasteiger partial charge in [-0.15, -0.1) is 0 Å². The Kier molecular flexibility index (Phi) is 6.70. The lowest BCUT2D eigenvalue weighted by molar-refractivity contribution is -0.139. The summed E-state index contributed by atoms with van der Waals surface area (Å²) in [7, 11) is 1.66. The lowest BCUT2D eigenvalue weighted by atomic mass is 9.92. The highest BCUT2D eigenvalue weighted by Gasteiger charge is 2.32. The zero-order chi connectivity index (χ0) is 21.8. The first-order valence-corrected chi connectivity index (χ1v) is 11.6. The third kappa shape index (κ3) is 5.15. The highest BCUT2D eigenvalue weighted by Crippen LogP contribution is 2.28. The van der Waals surface area contributed by atoms with Gasteiger partial charge in [-0.3, -0.25) is 9.59 Å². The molecule has 0 spiro atoms. The van der Waals surface area contributed by atoms with Gasteiger partial charge < -0.3 is 20.3 Å². The van der Waals surface area contributed by atoms with Crippen molar-refractivity contribution in [3.05, 3.63) is 35.7 Å². The fourth-order valence-electron chi connectivity index (χ4n) is 4.37. The Morgan fingerprint density at radius 1 is 1.13 bits per heavy atom. The van der Waals surface area contributed by atoms with Crippen molar-refractivity contribution < 1.29 is 14.3 Å². The lowest BCUT2D eigenvalue weighted by Crippen LogP contribution is -2.46. The molecule has 2 fully saturated rings. The predicted octanol–water partition coefficient (Wildman–Crippen LogP) is 2.08. The maximum atomic E-state index is 12.9. The highest BCUT2D eigenvalue weighted by molar-refractivity contribution is 7.09. The molecule has 0 unspecified atom stereocenters. The molecule has 2 N–H and O–H groups in total. The van der Waals surface area contributed by atoms with Gasteiger partial charge in [0.05, 0.1) is 7.11 Å². The van der Waals surface area contributed by atoms with Crippen LogP contribution in [0.3, 0.4) is 0 Å². The molecule has 0 atom stereocenters. The van der Waals surface area contributed by atoms with E-state index in [9.17, 15) is 9.59 Å². The van der Waals surface area contributed by atoms with Gasteiger partial charge in [-0.05, 0) is 43.4 Å². The third-order valence-electron chi connectivity index (χ3n) is 6.28. The molecule has 1 aromatic heterocycles. The number of benzene rings is 1. The summed E-state index contributed by atoms with van der Waals surface area (Å²) in [6.45, 7) is 2.89. The minimum atomic E-state index is -0.247. The molecule has 0 bridgehead atoms. The molecule has 31 heavy (non-hydrogen) atoms.